The number of rotatable bonds is 7. The van der Waals surface area contributed by atoms with E-state index in [1.807, 2.05) is 48.5 Å². The molecule has 0 unspecified atom stereocenters. The van der Waals surface area contributed by atoms with Gasteiger partial charge in [0.25, 0.3) is 0 Å². The average molecular weight is 477 g/mol. The van der Waals surface area contributed by atoms with E-state index < -0.39 is 12.1 Å². The van der Waals surface area contributed by atoms with Crippen molar-refractivity contribution in [1.82, 2.24) is 5.16 Å². The van der Waals surface area contributed by atoms with Crippen LogP contribution in [0.1, 0.15) is 21.7 Å². The lowest BCUT2D eigenvalue weighted by Crippen LogP contribution is -2.16. The molecule has 0 spiro atoms. The highest BCUT2D eigenvalue weighted by molar-refractivity contribution is 6.31. The van der Waals surface area contributed by atoms with Gasteiger partial charge in [0.15, 0.2) is 5.76 Å². The van der Waals surface area contributed by atoms with Crippen LogP contribution >= 0.6 is 11.6 Å². The second-order valence-corrected chi connectivity index (χ2v) is 7.94. The Morgan fingerprint density at radius 3 is 2.47 bits per heavy atom. The van der Waals surface area contributed by atoms with E-state index in [-0.39, 0.29) is 12.2 Å². The van der Waals surface area contributed by atoms with E-state index in [9.17, 15) is 14.7 Å². The number of hydrogen-bond acceptors (Lipinski definition) is 5. The smallest absolute Gasteiger partial charge is 0.411 e. The van der Waals surface area contributed by atoms with E-state index in [1.165, 1.54) is 6.07 Å². The lowest BCUT2D eigenvalue weighted by atomic mass is 9.99. The minimum Gasteiger partial charge on any atom is -0.478 e. The first kappa shape index (κ1) is 23.1. The Hall–Kier alpha value is -4.10. The number of carboxylic acids is 1. The van der Waals surface area contributed by atoms with Crippen LogP contribution in [-0.4, -0.2) is 28.9 Å². The average Bonchev–Trinajstić information content (AvgIpc) is 3.20. The molecule has 1 heterocycles. The van der Waals surface area contributed by atoms with E-state index in [0.717, 1.165) is 16.7 Å². The first-order valence-electron chi connectivity index (χ1n) is 10.5. The molecule has 0 radical (unpaired) electrons. The zero-order valence-electron chi connectivity index (χ0n) is 18.2. The van der Waals surface area contributed by atoms with Crippen molar-refractivity contribution in [2.75, 3.05) is 11.9 Å². The molecule has 2 N–H and O–H groups in total. The van der Waals surface area contributed by atoms with Gasteiger partial charge in [0.2, 0.25) is 0 Å². The standard InChI is InChI=1S/C26H21ClN2O5/c1-16-23(28-26(32)33-13-12-17-6-2-3-11-22(17)27)24(29-34-16)20-9-4-7-18(14-20)19-8-5-10-21(15-19)25(30)31/h2-11,14-15H,12-13H2,1H3,(H,28,32)(H,30,31). The summed E-state index contributed by atoms with van der Waals surface area (Å²) in [6.07, 6.45) is -0.148. The van der Waals surface area contributed by atoms with Crippen LogP contribution in [0.25, 0.3) is 22.4 Å². The molecule has 3 aromatic carbocycles. The van der Waals surface area contributed by atoms with Crippen molar-refractivity contribution in [3.8, 4) is 22.4 Å². The first-order valence-corrected chi connectivity index (χ1v) is 10.9. The summed E-state index contributed by atoms with van der Waals surface area (Å²) in [7, 11) is 0. The van der Waals surface area contributed by atoms with E-state index in [0.29, 0.717) is 34.1 Å². The Bertz CT molecular complexity index is 1350. The number of aromatic nitrogens is 1. The maximum Gasteiger partial charge on any atom is 0.411 e. The van der Waals surface area contributed by atoms with Gasteiger partial charge in [-0.3, -0.25) is 5.32 Å². The van der Waals surface area contributed by atoms with Gasteiger partial charge in [0.1, 0.15) is 11.4 Å². The maximum atomic E-state index is 12.4. The molecule has 1 amide bonds. The van der Waals surface area contributed by atoms with Crippen LogP contribution in [0.2, 0.25) is 5.02 Å². The van der Waals surface area contributed by atoms with Crippen molar-refractivity contribution in [2.24, 2.45) is 0 Å². The fraction of sp³-hybridized carbons (Fsp3) is 0.115. The second-order valence-electron chi connectivity index (χ2n) is 7.53. The van der Waals surface area contributed by atoms with Gasteiger partial charge in [-0.2, -0.15) is 0 Å². The van der Waals surface area contributed by atoms with Gasteiger partial charge in [-0.15, -0.1) is 0 Å². The summed E-state index contributed by atoms with van der Waals surface area (Å²) < 4.78 is 10.6. The molecule has 0 atom stereocenters. The highest BCUT2D eigenvalue weighted by Gasteiger charge is 2.18. The number of carbonyl (C=O) groups excluding carboxylic acids is 1. The van der Waals surface area contributed by atoms with Crippen LogP contribution in [-0.2, 0) is 11.2 Å². The highest BCUT2D eigenvalue weighted by Crippen LogP contribution is 2.33. The Morgan fingerprint density at radius 1 is 1.00 bits per heavy atom. The van der Waals surface area contributed by atoms with Crippen LogP contribution in [0, 0.1) is 6.92 Å². The van der Waals surface area contributed by atoms with Crippen molar-refractivity contribution < 1.29 is 24.0 Å². The van der Waals surface area contributed by atoms with Gasteiger partial charge in [-0.25, -0.2) is 9.59 Å². The Balaban J connectivity index is 1.50. The molecule has 1 aromatic heterocycles. The van der Waals surface area contributed by atoms with Gasteiger partial charge < -0.3 is 14.4 Å². The number of ether oxygens (including phenoxy) is 1. The predicted octanol–water partition coefficient (Wildman–Crippen LogP) is 6.46. The number of halogens is 1. The van der Waals surface area contributed by atoms with Crippen LogP contribution in [0.5, 0.6) is 0 Å². The SMILES string of the molecule is Cc1onc(-c2cccc(-c3cccc(C(=O)O)c3)c2)c1NC(=O)OCCc1ccccc1Cl. The number of aromatic carboxylic acids is 1. The lowest BCUT2D eigenvalue weighted by molar-refractivity contribution is 0.0697. The van der Waals surface area contributed by atoms with Crippen molar-refractivity contribution >= 4 is 29.4 Å². The van der Waals surface area contributed by atoms with E-state index in [2.05, 4.69) is 10.5 Å². The van der Waals surface area contributed by atoms with Gasteiger partial charge >= 0.3 is 12.1 Å². The number of carboxylic acid groups (broad SMARTS) is 1. The lowest BCUT2D eigenvalue weighted by Gasteiger charge is -2.09. The molecule has 0 fully saturated rings. The molecular formula is C26H21ClN2O5. The third kappa shape index (κ3) is 5.27. The molecule has 0 bridgehead atoms. The van der Waals surface area contributed by atoms with E-state index >= 15 is 0 Å². The van der Waals surface area contributed by atoms with Gasteiger partial charge in [-0.1, -0.05) is 65.3 Å². The summed E-state index contributed by atoms with van der Waals surface area (Å²) in [4.78, 5) is 23.7. The third-order valence-electron chi connectivity index (χ3n) is 5.23. The number of hydrogen-bond donors (Lipinski definition) is 2. The van der Waals surface area contributed by atoms with Gasteiger partial charge in [0, 0.05) is 17.0 Å². The Morgan fingerprint density at radius 2 is 1.71 bits per heavy atom. The van der Waals surface area contributed by atoms with Crippen molar-refractivity contribution in [2.45, 2.75) is 13.3 Å². The minimum absolute atomic E-state index is 0.157. The molecule has 0 aliphatic heterocycles. The number of nitrogens with zero attached hydrogens (tertiary/aromatic N) is 1. The van der Waals surface area contributed by atoms with Crippen LogP contribution in [0.15, 0.2) is 77.3 Å². The van der Waals surface area contributed by atoms with Crippen molar-refractivity contribution in [3.05, 3.63) is 94.7 Å². The molecule has 7 nitrogen and oxygen atoms in total. The molecule has 34 heavy (non-hydrogen) atoms. The minimum atomic E-state index is -0.996. The molecule has 4 rings (SSSR count). The molecule has 8 heteroatoms. The van der Waals surface area contributed by atoms with E-state index in [4.69, 9.17) is 20.9 Å². The van der Waals surface area contributed by atoms with Gasteiger partial charge in [-0.05, 0) is 47.9 Å². The molecule has 0 aliphatic carbocycles. The summed E-state index contributed by atoms with van der Waals surface area (Å²) in [5, 5.41) is 16.7. The zero-order valence-corrected chi connectivity index (χ0v) is 19.0. The number of amides is 1. The topological polar surface area (TPSA) is 102 Å². The molecule has 0 aliphatic rings. The van der Waals surface area contributed by atoms with Crippen molar-refractivity contribution in [1.29, 1.82) is 0 Å². The van der Waals surface area contributed by atoms with Gasteiger partial charge in [0.05, 0.1) is 12.2 Å². The van der Waals surface area contributed by atoms with Crippen LogP contribution in [0.3, 0.4) is 0 Å². The summed E-state index contributed by atoms with van der Waals surface area (Å²) in [6.45, 7) is 1.85. The number of nitrogens with one attached hydrogen (secondary N) is 1. The van der Waals surface area contributed by atoms with Crippen molar-refractivity contribution in [3.63, 3.8) is 0 Å². The quantitative estimate of drug-likeness (QED) is 0.317. The van der Waals surface area contributed by atoms with E-state index in [1.54, 1.807) is 25.1 Å². The molecular weight excluding hydrogens is 456 g/mol. The molecule has 172 valence electrons. The third-order valence-corrected chi connectivity index (χ3v) is 5.60. The summed E-state index contributed by atoms with van der Waals surface area (Å²) in [5.41, 5.74) is 4.17. The second kappa shape index (κ2) is 10.2. The molecule has 0 saturated heterocycles. The zero-order chi connectivity index (χ0) is 24.1. The number of aryl methyl sites for hydroxylation is 1. The molecule has 4 aromatic rings. The van der Waals surface area contributed by atoms with Crippen LogP contribution in [0.4, 0.5) is 10.5 Å². The highest BCUT2D eigenvalue weighted by atomic mass is 35.5. The Kier molecular flexibility index (Phi) is 6.94. The monoisotopic (exact) mass is 476 g/mol. The number of anilines is 1. The largest absolute Gasteiger partial charge is 0.478 e. The summed E-state index contributed by atoms with van der Waals surface area (Å²) in [5.74, 6) is -0.569. The number of carbonyl (C=O) groups is 2. The summed E-state index contributed by atoms with van der Waals surface area (Å²) in [6, 6.07) is 21.4. The number of benzene rings is 3. The fourth-order valence-corrected chi connectivity index (χ4v) is 3.72. The fourth-order valence-electron chi connectivity index (χ4n) is 3.49. The predicted molar refractivity (Wildman–Crippen MR) is 129 cm³/mol. The Labute approximate surface area is 200 Å². The maximum absolute atomic E-state index is 12.4. The summed E-state index contributed by atoms with van der Waals surface area (Å²) >= 11 is 6.14. The molecule has 0 saturated carbocycles. The van der Waals surface area contributed by atoms with Crippen LogP contribution < -0.4 is 5.32 Å². The normalized spacial score (nSPS) is 10.6. The first-order chi connectivity index (χ1) is 16.4.